The van der Waals surface area contributed by atoms with Crippen molar-refractivity contribution < 1.29 is 8.83 Å². The van der Waals surface area contributed by atoms with E-state index in [2.05, 4.69) is 4.85 Å². The van der Waals surface area contributed by atoms with E-state index in [9.17, 15) is 0 Å². The summed E-state index contributed by atoms with van der Waals surface area (Å²) in [7, 11) is 0. The van der Waals surface area contributed by atoms with Gasteiger partial charge in [-0.2, -0.15) is 0 Å². The number of nitrogens with two attached hydrogens (primary N) is 1. The first-order valence-corrected chi connectivity index (χ1v) is 6.81. The molecule has 0 aliphatic heterocycles. The molecule has 0 aliphatic carbocycles. The van der Waals surface area contributed by atoms with Crippen LogP contribution in [-0.4, -0.2) is 0 Å². The Balaban J connectivity index is 0.000000131. The van der Waals surface area contributed by atoms with Crippen LogP contribution in [0.4, 0.5) is 5.69 Å². The maximum atomic E-state index is 6.76. The fraction of sp³-hybridized carbons (Fsp3) is 0.0556. The van der Waals surface area contributed by atoms with Gasteiger partial charge in [0.05, 0.1) is 19.1 Å². The molecule has 4 heteroatoms. The molecule has 4 nitrogen and oxygen atoms in total. The molecular formula is C18H14N2O2. The highest BCUT2D eigenvalue weighted by atomic mass is 16.3. The normalized spacial score (nSPS) is 10.2. The Kier molecular flexibility index (Phi) is 3.90. The lowest BCUT2D eigenvalue weighted by Gasteiger charge is -1.93. The van der Waals surface area contributed by atoms with Gasteiger partial charge in [-0.1, -0.05) is 24.3 Å². The third kappa shape index (κ3) is 2.85. The Morgan fingerprint density at radius 3 is 2.14 bits per heavy atom. The van der Waals surface area contributed by atoms with E-state index >= 15 is 0 Å². The van der Waals surface area contributed by atoms with Crippen LogP contribution >= 0.6 is 0 Å². The van der Waals surface area contributed by atoms with Gasteiger partial charge < -0.3 is 14.6 Å². The van der Waals surface area contributed by atoms with Gasteiger partial charge in [-0.15, -0.1) is 0 Å². The molecule has 0 spiro atoms. The fourth-order valence-corrected chi connectivity index (χ4v) is 2.14. The first-order chi connectivity index (χ1) is 10.8. The van der Waals surface area contributed by atoms with Gasteiger partial charge in [-0.05, 0) is 29.8 Å². The summed E-state index contributed by atoms with van der Waals surface area (Å²) in [5.74, 6) is 0. The van der Waals surface area contributed by atoms with Gasteiger partial charge >= 0.3 is 0 Å². The first-order valence-electron chi connectivity index (χ1n) is 6.81. The van der Waals surface area contributed by atoms with E-state index in [0.717, 1.165) is 27.5 Å². The average molecular weight is 290 g/mol. The Morgan fingerprint density at radius 2 is 1.50 bits per heavy atom. The van der Waals surface area contributed by atoms with E-state index in [-0.39, 0.29) is 0 Å². The topological polar surface area (TPSA) is 56.7 Å². The van der Waals surface area contributed by atoms with E-state index in [4.69, 9.17) is 21.1 Å². The highest BCUT2D eigenvalue weighted by Crippen LogP contribution is 2.21. The van der Waals surface area contributed by atoms with Crippen LogP contribution in [0.1, 0.15) is 5.56 Å². The second-order valence-corrected chi connectivity index (χ2v) is 4.75. The predicted molar refractivity (Wildman–Crippen MR) is 86.6 cm³/mol. The summed E-state index contributed by atoms with van der Waals surface area (Å²) < 4.78 is 10.3. The van der Waals surface area contributed by atoms with Crippen molar-refractivity contribution >= 4 is 27.6 Å². The van der Waals surface area contributed by atoms with Crippen LogP contribution in [0.25, 0.3) is 26.8 Å². The van der Waals surface area contributed by atoms with Crippen molar-refractivity contribution in [1.82, 2.24) is 0 Å². The van der Waals surface area contributed by atoms with Crippen molar-refractivity contribution in [3.63, 3.8) is 0 Å². The van der Waals surface area contributed by atoms with E-state index in [1.807, 2.05) is 36.4 Å². The summed E-state index contributed by atoms with van der Waals surface area (Å²) in [5.41, 5.74) is 8.88. The van der Waals surface area contributed by atoms with E-state index in [1.54, 1.807) is 24.7 Å². The largest absolute Gasteiger partial charge is 0.466 e. The molecule has 0 amide bonds. The zero-order valence-electron chi connectivity index (χ0n) is 11.8. The van der Waals surface area contributed by atoms with Crippen LogP contribution in [0, 0.1) is 6.57 Å². The second kappa shape index (κ2) is 6.17. The predicted octanol–water partition coefficient (Wildman–Crippen LogP) is 4.88. The first kappa shape index (κ1) is 13.9. The number of benzene rings is 2. The molecule has 0 bridgehead atoms. The van der Waals surface area contributed by atoms with Crippen LogP contribution in [0.3, 0.4) is 0 Å². The molecule has 108 valence electrons. The van der Waals surface area contributed by atoms with Crippen LogP contribution in [-0.2, 0) is 6.54 Å². The van der Waals surface area contributed by atoms with Crippen molar-refractivity contribution in [2.45, 2.75) is 6.54 Å². The zero-order chi connectivity index (χ0) is 15.4. The molecule has 2 heterocycles. The van der Waals surface area contributed by atoms with Gasteiger partial charge in [0.15, 0.2) is 5.69 Å². The van der Waals surface area contributed by atoms with E-state index < -0.39 is 0 Å². The maximum Gasteiger partial charge on any atom is 0.190 e. The Morgan fingerprint density at radius 1 is 0.864 bits per heavy atom. The molecule has 0 saturated carbocycles. The standard InChI is InChI=1S/C9H5NO.C9H9NO/c1-10-8-3-2-7-4-5-11-9(7)6-8;10-6-7-1-2-8-3-4-11-9(8)5-7/h2-6H;1-5H,6,10H2. The van der Waals surface area contributed by atoms with Gasteiger partial charge in [0.25, 0.3) is 0 Å². The molecule has 22 heavy (non-hydrogen) atoms. The second-order valence-electron chi connectivity index (χ2n) is 4.75. The van der Waals surface area contributed by atoms with Gasteiger partial charge in [0, 0.05) is 17.3 Å². The smallest absolute Gasteiger partial charge is 0.190 e. The number of rotatable bonds is 1. The average Bonchev–Trinajstić information content (AvgIpc) is 3.22. The highest BCUT2D eigenvalue weighted by Gasteiger charge is 1.97. The van der Waals surface area contributed by atoms with Crippen molar-refractivity contribution in [3.05, 3.63) is 78.0 Å². The molecule has 0 unspecified atom stereocenters. The SMILES string of the molecule is NCc1ccc2ccoc2c1.[C-]#[N+]c1ccc2ccoc2c1. The van der Waals surface area contributed by atoms with Crippen molar-refractivity contribution in [2.24, 2.45) is 5.73 Å². The summed E-state index contributed by atoms with van der Waals surface area (Å²) >= 11 is 0. The molecule has 2 N–H and O–H groups in total. The quantitative estimate of drug-likeness (QED) is 0.508. The van der Waals surface area contributed by atoms with Crippen LogP contribution in [0.5, 0.6) is 0 Å². The fourth-order valence-electron chi connectivity index (χ4n) is 2.14. The molecule has 4 aromatic rings. The minimum Gasteiger partial charge on any atom is -0.466 e. The van der Waals surface area contributed by atoms with Gasteiger partial charge in [0.1, 0.15) is 11.2 Å². The van der Waals surface area contributed by atoms with Crippen LogP contribution < -0.4 is 5.73 Å². The summed E-state index contributed by atoms with van der Waals surface area (Å²) in [4.78, 5) is 3.29. The summed E-state index contributed by atoms with van der Waals surface area (Å²) in [6.07, 6.45) is 3.31. The van der Waals surface area contributed by atoms with Crippen molar-refractivity contribution in [1.29, 1.82) is 0 Å². The molecule has 0 atom stereocenters. The molecule has 2 aromatic heterocycles. The lowest BCUT2D eigenvalue weighted by Crippen LogP contribution is -1.94. The third-order valence-electron chi connectivity index (χ3n) is 3.33. The maximum absolute atomic E-state index is 6.76. The monoisotopic (exact) mass is 290 g/mol. The van der Waals surface area contributed by atoms with Gasteiger partial charge in [-0.25, -0.2) is 4.85 Å². The van der Waals surface area contributed by atoms with E-state index in [1.165, 1.54) is 0 Å². The Bertz CT molecular complexity index is 944. The van der Waals surface area contributed by atoms with Crippen LogP contribution in [0.2, 0.25) is 0 Å². The minimum absolute atomic E-state index is 0.566. The van der Waals surface area contributed by atoms with Crippen molar-refractivity contribution in [3.8, 4) is 0 Å². The number of furan rings is 2. The van der Waals surface area contributed by atoms with Gasteiger partial charge in [-0.3, -0.25) is 0 Å². The molecule has 0 fully saturated rings. The number of hydrogen-bond acceptors (Lipinski definition) is 3. The molecule has 0 aliphatic rings. The third-order valence-corrected chi connectivity index (χ3v) is 3.33. The van der Waals surface area contributed by atoms with Crippen LogP contribution in [0.15, 0.2) is 69.9 Å². The highest BCUT2D eigenvalue weighted by molar-refractivity contribution is 5.81. The lowest BCUT2D eigenvalue weighted by molar-refractivity contribution is 0.615. The number of hydrogen-bond donors (Lipinski definition) is 1. The lowest BCUT2D eigenvalue weighted by atomic mass is 10.2. The number of nitrogens with zero attached hydrogens (tertiary/aromatic N) is 1. The molecule has 2 aromatic carbocycles. The Labute approximate surface area is 127 Å². The molecular weight excluding hydrogens is 276 g/mol. The van der Waals surface area contributed by atoms with E-state index in [0.29, 0.717) is 12.2 Å². The summed E-state index contributed by atoms with van der Waals surface area (Å²) in [6.45, 7) is 7.32. The van der Waals surface area contributed by atoms with Gasteiger partial charge in [0.2, 0.25) is 0 Å². The molecule has 0 radical (unpaired) electrons. The summed E-state index contributed by atoms with van der Waals surface area (Å²) in [5, 5.41) is 2.17. The van der Waals surface area contributed by atoms with Crippen molar-refractivity contribution in [2.75, 3.05) is 0 Å². The number of fused-ring (bicyclic) bond motifs is 2. The molecule has 0 saturated heterocycles. The molecule has 4 rings (SSSR count). The summed E-state index contributed by atoms with van der Waals surface area (Å²) in [6, 6.07) is 15.2. The zero-order valence-corrected chi connectivity index (χ0v) is 11.8. The Hall–Kier alpha value is -3.03. The minimum atomic E-state index is 0.566.